The minimum atomic E-state index is -0.0144. The van der Waals surface area contributed by atoms with Crippen molar-refractivity contribution < 1.29 is 9.53 Å². The largest absolute Gasteiger partial charge is 0.376 e. The highest BCUT2D eigenvalue weighted by Gasteiger charge is 2.32. The van der Waals surface area contributed by atoms with Crippen molar-refractivity contribution in [1.82, 2.24) is 10.2 Å². The van der Waals surface area contributed by atoms with E-state index in [1.807, 2.05) is 12.1 Å². The Hall–Kier alpha value is -2.44. The summed E-state index contributed by atoms with van der Waals surface area (Å²) in [5.41, 5.74) is 5.33. The molecular formula is C25H31N3O2S. The van der Waals surface area contributed by atoms with Gasteiger partial charge in [0.05, 0.1) is 18.7 Å². The second kappa shape index (κ2) is 9.37. The van der Waals surface area contributed by atoms with E-state index < -0.39 is 0 Å². The number of hydrogen-bond donors (Lipinski definition) is 2. The lowest BCUT2D eigenvalue weighted by molar-refractivity contribution is -0.118. The molecule has 0 spiro atoms. The first kappa shape index (κ1) is 21.8. The molecule has 3 atom stereocenters. The van der Waals surface area contributed by atoms with Crippen molar-refractivity contribution in [2.24, 2.45) is 5.92 Å². The van der Waals surface area contributed by atoms with Crippen LogP contribution in [-0.4, -0.2) is 47.8 Å². The van der Waals surface area contributed by atoms with Crippen LogP contribution in [0.5, 0.6) is 0 Å². The first-order valence-corrected chi connectivity index (χ1v) is 11.4. The fourth-order valence-electron chi connectivity index (χ4n) is 4.44. The second-order valence-electron chi connectivity index (χ2n) is 8.76. The Morgan fingerprint density at radius 1 is 1.32 bits per heavy atom. The number of rotatable bonds is 5. The Kier molecular flexibility index (Phi) is 6.58. The lowest BCUT2D eigenvalue weighted by atomic mass is 9.82. The summed E-state index contributed by atoms with van der Waals surface area (Å²) >= 11 is 5.77. The first-order valence-electron chi connectivity index (χ1n) is 11.0. The number of aryl methyl sites for hydroxylation is 1. The number of anilines is 1. The van der Waals surface area contributed by atoms with Crippen LogP contribution in [0.15, 0.2) is 59.2 Å². The van der Waals surface area contributed by atoms with Crippen LogP contribution in [0.2, 0.25) is 0 Å². The van der Waals surface area contributed by atoms with Gasteiger partial charge in [-0.1, -0.05) is 35.9 Å². The molecule has 1 aromatic rings. The molecule has 2 heterocycles. The highest BCUT2D eigenvalue weighted by atomic mass is 32.1. The molecule has 1 amide bonds. The average Bonchev–Trinajstić information content (AvgIpc) is 3.25. The zero-order chi connectivity index (χ0) is 22.0. The van der Waals surface area contributed by atoms with Crippen LogP contribution in [0.3, 0.4) is 0 Å². The van der Waals surface area contributed by atoms with Gasteiger partial charge >= 0.3 is 0 Å². The van der Waals surface area contributed by atoms with Gasteiger partial charge in [0.2, 0.25) is 5.91 Å². The summed E-state index contributed by atoms with van der Waals surface area (Å²) in [6, 6.07) is 8.19. The number of nitrogens with zero attached hydrogens (tertiary/aromatic N) is 1. The molecule has 5 nitrogen and oxygen atoms in total. The summed E-state index contributed by atoms with van der Waals surface area (Å²) < 4.78 is 5.86. The summed E-state index contributed by atoms with van der Waals surface area (Å²) in [6.07, 6.45) is 8.66. The molecule has 4 rings (SSSR count). The lowest BCUT2D eigenvalue weighted by Gasteiger charge is -2.35. The van der Waals surface area contributed by atoms with Gasteiger partial charge in [-0.3, -0.25) is 4.79 Å². The van der Waals surface area contributed by atoms with Crippen molar-refractivity contribution in [3.05, 3.63) is 64.8 Å². The standard InChI is InChI=1S/C25H31N3O2S/c1-16-6-4-7-21(12-16)26-25(31)28(15-22-8-5-11-30-22)14-20-13-19-10-9-17(2)18(3)23(19)27-24(20)29/h4,6-7,9-10,12-13,19,22-23H,5,8,11,14-15H2,1-3H3,(H,26,31)(H,27,29). The van der Waals surface area contributed by atoms with E-state index in [2.05, 4.69) is 66.7 Å². The van der Waals surface area contributed by atoms with E-state index in [1.54, 1.807) is 0 Å². The minimum Gasteiger partial charge on any atom is -0.376 e. The number of amides is 1. The van der Waals surface area contributed by atoms with Crippen LogP contribution in [0, 0.1) is 12.8 Å². The predicted molar refractivity (Wildman–Crippen MR) is 129 cm³/mol. The number of allylic oxidation sites excluding steroid dienone is 2. The molecule has 1 saturated heterocycles. The Labute approximate surface area is 190 Å². The van der Waals surface area contributed by atoms with Gasteiger partial charge in [0.25, 0.3) is 0 Å². The molecule has 1 aliphatic carbocycles. The smallest absolute Gasteiger partial charge is 0.249 e. The van der Waals surface area contributed by atoms with Crippen molar-refractivity contribution in [1.29, 1.82) is 0 Å². The van der Waals surface area contributed by atoms with Gasteiger partial charge < -0.3 is 20.3 Å². The van der Waals surface area contributed by atoms with Crippen LogP contribution < -0.4 is 10.6 Å². The van der Waals surface area contributed by atoms with Gasteiger partial charge in [0.1, 0.15) is 0 Å². The maximum absolute atomic E-state index is 13.0. The molecular weight excluding hydrogens is 406 g/mol. The van der Waals surface area contributed by atoms with Gasteiger partial charge in [-0.15, -0.1) is 0 Å². The predicted octanol–water partition coefficient (Wildman–Crippen LogP) is 4.12. The number of hydrogen-bond acceptors (Lipinski definition) is 3. The van der Waals surface area contributed by atoms with Crippen LogP contribution in [0.1, 0.15) is 32.3 Å². The lowest BCUT2D eigenvalue weighted by Crippen LogP contribution is -2.49. The fraction of sp³-hybridized carbons (Fsp3) is 0.440. The van der Waals surface area contributed by atoms with E-state index in [1.165, 1.54) is 16.7 Å². The van der Waals surface area contributed by atoms with Gasteiger partial charge in [-0.2, -0.15) is 0 Å². The number of nitrogens with one attached hydrogen (secondary N) is 2. The third-order valence-corrected chi connectivity index (χ3v) is 6.74. The quantitative estimate of drug-likeness (QED) is 0.679. The van der Waals surface area contributed by atoms with Gasteiger partial charge in [0.15, 0.2) is 5.11 Å². The van der Waals surface area contributed by atoms with E-state index in [9.17, 15) is 4.79 Å². The molecule has 164 valence electrons. The Balaban J connectivity index is 1.53. The topological polar surface area (TPSA) is 53.6 Å². The molecule has 1 aromatic carbocycles. The molecule has 0 bridgehead atoms. The second-order valence-corrected chi connectivity index (χ2v) is 9.15. The molecule has 2 aliphatic heterocycles. The maximum Gasteiger partial charge on any atom is 0.249 e. The summed E-state index contributed by atoms with van der Waals surface area (Å²) in [5, 5.41) is 7.17. The average molecular weight is 438 g/mol. The number of thiocarbonyl (C=S) groups is 1. The molecule has 6 heteroatoms. The molecule has 2 N–H and O–H groups in total. The third kappa shape index (κ3) is 5.08. The van der Waals surface area contributed by atoms with E-state index in [0.29, 0.717) is 18.2 Å². The first-order chi connectivity index (χ1) is 14.9. The normalized spacial score (nSPS) is 25.1. The van der Waals surface area contributed by atoms with Crippen LogP contribution in [0.4, 0.5) is 5.69 Å². The van der Waals surface area contributed by atoms with E-state index in [4.69, 9.17) is 17.0 Å². The zero-order valence-electron chi connectivity index (χ0n) is 18.5. The molecule has 3 aliphatic rings. The number of fused-ring (bicyclic) bond motifs is 1. The molecule has 1 fully saturated rings. The Morgan fingerprint density at radius 3 is 2.90 bits per heavy atom. The number of carbonyl (C=O) groups excluding carboxylic acids is 1. The molecule has 31 heavy (non-hydrogen) atoms. The van der Waals surface area contributed by atoms with Gasteiger partial charge in [0, 0.05) is 30.3 Å². The number of ether oxygens (including phenoxy) is 1. The van der Waals surface area contributed by atoms with Gasteiger partial charge in [-0.25, -0.2) is 0 Å². The molecule has 0 aromatic heterocycles. The highest BCUT2D eigenvalue weighted by Crippen LogP contribution is 2.29. The van der Waals surface area contributed by atoms with Crippen LogP contribution >= 0.6 is 12.2 Å². The Bertz CT molecular complexity index is 959. The summed E-state index contributed by atoms with van der Waals surface area (Å²) in [4.78, 5) is 15.0. The van der Waals surface area contributed by atoms with Gasteiger partial charge in [-0.05, 0) is 69.1 Å². The van der Waals surface area contributed by atoms with Crippen LogP contribution in [0.25, 0.3) is 0 Å². The fourth-order valence-corrected chi connectivity index (χ4v) is 4.70. The van der Waals surface area contributed by atoms with E-state index in [0.717, 1.165) is 30.7 Å². The molecule has 0 radical (unpaired) electrons. The van der Waals surface area contributed by atoms with Crippen molar-refractivity contribution in [2.45, 2.75) is 45.8 Å². The van der Waals surface area contributed by atoms with Crippen molar-refractivity contribution >= 4 is 28.9 Å². The van der Waals surface area contributed by atoms with Crippen molar-refractivity contribution in [3.8, 4) is 0 Å². The summed E-state index contributed by atoms with van der Waals surface area (Å²) in [7, 11) is 0. The minimum absolute atomic E-state index is 0.0144. The maximum atomic E-state index is 13.0. The number of carbonyl (C=O) groups is 1. The zero-order valence-corrected chi connectivity index (χ0v) is 19.3. The van der Waals surface area contributed by atoms with Crippen molar-refractivity contribution in [3.63, 3.8) is 0 Å². The number of benzene rings is 1. The Morgan fingerprint density at radius 2 is 2.16 bits per heavy atom. The summed E-state index contributed by atoms with van der Waals surface area (Å²) in [6.45, 7) is 8.17. The monoisotopic (exact) mass is 437 g/mol. The third-order valence-electron chi connectivity index (χ3n) is 6.38. The summed E-state index contributed by atoms with van der Waals surface area (Å²) in [5.74, 6) is 0.165. The SMILES string of the molecule is CC1=C(C)C2NC(=O)C(CN(CC3CCCO3)C(=S)Nc3cccc(C)c3)=CC2C=C1. The van der Waals surface area contributed by atoms with Crippen LogP contribution in [-0.2, 0) is 9.53 Å². The highest BCUT2D eigenvalue weighted by molar-refractivity contribution is 7.80. The van der Waals surface area contributed by atoms with Crippen molar-refractivity contribution in [2.75, 3.05) is 25.0 Å². The molecule has 3 unspecified atom stereocenters. The van der Waals surface area contributed by atoms with E-state index >= 15 is 0 Å². The molecule has 0 saturated carbocycles. The van der Waals surface area contributed by atoms with E-state index in [-0.39, 0.29) is 24.0 Å².